The molecule has 0 saturated heterocycles. The first-order valence-corrected chi connectivity index (χ1v) is 11.5. The van der Waals surface area contributed by atoms with Crippen LogP contribution in [-0.2, 0) is 27.3 Å². The van der Waals surface area contributed by atoms with Gasteiger partial charge in [0, 0.05) is 49.4 Å². The number of aromatic nitrogens is 3. The standard InChI is InChI=1S/C26H23N5O3/c1-2-21(32)29-11-9-16-6-5-7-17-18(15-30(13-12-29)24(16)17)22-23(26(34)28-25(22)33)19-14-27-20-8-3-4-10-31(19)20/h3-8,10,14-15H,2,9,11-13H2,1H3,(H,28,33,34). The lowest BCUT2D eigenvalue weighted by Crippen LogP contribution is -2.36. The van der Waals surface area contributed by atoms with Crippen molar-refractivity contribution in [1.82, 2.24) is 24.2 Å². The average Bonchev–Trinajstić information content (AvgIpc) is 3.50. The summed E-state index contributed by atoms with van der Waals surface area (Å²) in [5, 5.41) is 3.42. The number of carbonyl (C=O) groups excluding carboxylic acids is 3. The Hall–Kier alpha value is -4.20. The molecule has 0 radical (unpaired) electrons. The number of rotatable bonds is 3. The number of imide groups is 1. The van der Waals surface area contributed by atoms with E-state index < -0.39 is 11.8 Å². The van der Waals surface area contributed by atoms with E-state index in [1.165, 1.54) is 0 Å². The minimum atomic E-state index is -0.424. The summed E-state index contributed by atoms with van der Waals surface area (Å²) in [4.78, 5) is 44.8. The molecule has 8 heteroatoms. The molecule has 4 aromatic rings. The molecule has 8 nitrogen and oxygen atoms in total. The van der Waals surface area contributed by atoms with Crippen molar-refractivity contribution in [3.05, 3.63) is 71.8 Å². The molecule has 34 heavy (non-hydrogen) atoms. The van der Waals surface area contributed by atoms with Gasteiger partial charge in [-0.25, -0.2) is 4.98 Å². The van der Waals surface area contributed by atoms with Crippen LogP contribution in [0.5, 0.6) is 0 Å². The smallest absolute Gasteiger partial charge is 0.261 e. The Bertz CT molecular complexity index is 1540. The fraction of sp³-hybridized carbons (Fsp3) is 0.231. The van der Waals surface area contributed by atoms with Crippen LogP contribution in [0.25, 0.3) is 27.7 Å². The largest absolute Gasteiger partial charge is 0.345 e. The number of nitrogens with one attached hydrogen (secondary N) is 1. The van der Waals surface area contributed by atoms with E-state index in [9.17, 15) is 14.4 Å². The first-order valence-electron chi connectivity index (χ1n) is 11.5. The summed E-state index contributed by atoms with van der Waals surface area (Å²) in [6.07, 6.45) is 6.63. The van der Waals surface area contributed by atoms with E-state index in [1.54, 1.807) is 6.20 Å². The maximum Gasteiger partial charge on any atom is 0.261 e. The molecular formula is C26H23N5O3. The van der Waals surface area contributed by atoms with Crippen LogP contribution >= 0.6 is 0 Å². The van der Waals surface area contributed by atoms with Gasteiger partial charge in [-0.1, -0.05) is 31.2 Å². The third kappa shape index (κ3) is 2.98. The fourth-order valence-corrected chi connectivity index (χ4v) is 5.16. The van der Waals surface area contributed by atoms with Crippen molar-refractivity contribution in [3.8, 4) is 0 Å². The second kappa shape index (κ2) is 7.69. The van der Waals surface area contributed by atoms with Crippen LogP contribution in [0.2, 0.25) is 0 Å². The average molecular weight is 454 g/mol. The molecule has 3 amide bonds. The number of imidazole rings is 1. The Morgan fingerprint density at radius 2 is 1.88 bits per heavy atom. The van der Waals surface area contributed by atoms with Gasteiger partial charge < -0.3 is 9.47 Å². The molecule has 0 atom stereocenters. The molecule has 0 fully saturated rings. The highest BCUT2D eigenvalue weighted by Gasteiger charge is 2.35. The molecule has 5 heterocycles. The Kier molecular flexibility index (Phi) is 4.62. The quantitative estimate of drug-likeness (QED) is 0.483. The summed E-state index contributed by atoms with van der Waals surface area (Å²) in [6, 6.07) is 11.6. The van der Waals surface area contributed by atoms with Crippen molar-refractivity contribution in [3.63, 3.8) is 0 Å². The number of benzene rings is 1. The minimum Gasteiger partial charge on any atom is -0.345 e. The Balaban J connectivity index is 1.56. The third-order valence-electron chi connectivity index (χ3n) is 6.77. The van der Waals surface area contributed by atoms with Crippen LogP contribution in [-0.4, -0.2) is 49.7 Å². The van der Waals surface area contributed by atoms with Crippen molar-refractivity contribution >= 4 is 45.4 Å². The lowest BCUT2D eigenvalue weighted by Gasteiger charge is -2.25. The van der Waals surface area contributed by atoms with Crippen molar-refractivity contribution in [1.29, 1.82) is 0 Å². The predicted octanol–water partition coefficient (Wildman–Crippen LogP) is 2.65. The minimum absolute atomic E-state index is 0.140. The summed E-state index contributed by atoms with van der Waals surface area (Å²) >= 11 is 0. The molecule has 1 aromatic carbocycles. The molecule has 6 rings (SSSR count). The van der Waals surface area contributed by atoms with E-state index in [0.29, 0.717) is 48.5 Å². The van der Waals surface area contributed by atoms with Gasteiger partial charge in [0.2, 0.25) is 5.91 Å². The van der Waals surface area contributed by atoms with Crippen LogP contribution in [0, 0.1) is 0 Å². The topological polar surface area (TPSA) is 88.7 Å². The lowest BCUT2D eigenvalue weighted by atomic mass is 9.97. The van der Waals surface area contributed by atoms with E-state index in [0.717, 1.165) is 28.5 Å². The summed E-state index contributed by atoms with van der Waals surface area (Å²) in [7, 11) is 0. The molecule has 2 aliphatic heterocycles. The predicted molar refractivity (Wildman–Crippen MR) is 128 cm³/mol. The molecule has 0 saturated carbocycles. The van der Waals surface area contributed by atoms with Crippen LogP contribution < -0.4 is 5.32 Å². The highest BCUT2D eigenvalue weighted by Crippen LogP contribution is 2.37. The number of pyridine rings is 1. The molecule has 0 unspecified atom stereocenters. The molecule has 2 aliphatic rings. The summed E-state index contributed by atoms with van der Waals surface area (Å²) < 4.78 is 3.94. The van der Waals surface area contributed by atoms with Crippen LogP contribution in [0.15, 0.2) is 55.0 Å². The summed E-state index contributed by atoms with van der Waals surface area (Å²) in [5.41, 5.74) is 4.86. The number of hydrogen-bond acceptors (Lipinski definition) is 4. The maximum absolute atomic E-state index is 13.1. The van der Waals surface area contributed by atoms with E-state index in [4.69, 9.17) is 0 Å². The van der Waals surface area contributed by atoms with Crippen LogP contribution in [0.4, 0.5) is 0 Å². The van der Waals surface area contributed by atoms with E-state index >= 15 is 0 Å². The Morgan fingerprint density at radius 1 is 1.03 bits per heavy atom. The molecule has 170 valence electrons. The number of amides is 3. The van der Waals surface area contributed by atoms with Crippen LogP contribution in [0.3, 0.4) is 0 Å². The second-order valence-electron chi connectivity index (χ2n) is 8.64. The number of fused-ring (bicyclic) bond motifs is 1. The zero-order valence-corrected chi connectivity index (χ0v) is 18.7. The van der Waals surface area contributed by atoms with Gasteiger partial charge in [-0.15, -0.1) is 0 Å². The van der Waals surface area contributed by atoms with Crippen molar-refractivity contribution in [2.75, 3.05) is 13.1 Å². The monoisotopic (exact) mass is 453 g/mol. The Labute approximate surface area is 195 Å². The number of para-hydroxylation sites is 1. The second-order valence-corrected chi connectivity index (χ2v) is 8.64. The van der Waals surface area contributed by atoms with Gasteiger partial charge in [-0.05, 0) is 24.1 Å². The lowest BCUT2D eigenvalue weighted by molar-refractivity contribution is -0.131. The normalized spacial score (nSPS) is 16.3. The molecule has 0 spiro atoms. The zero-order chi connectivity index (χ0) is 23.4. The van der Waals surface area contributed by atoms with Gasteiger partial charge in [0.25, 0.3) is 11.8 Å². The first kappa shape index (κ1) is 20.4. The SMILES string of the molecule is CCC(=O)N1CCc2cccc3c(C4=C(c5cnc6ccccn56)C(=O)NC4=O)cn(c23)CC1. The Morgan fingerprint density at radius 3 is 2.74 bits per heavy atom. The van der Waals surface area contributed by atoms with E-state index in [2.05, 4.69) is 20.9 Å². The van der Waals surface area contributed by atoms with Crippen LogP contribution in [0.1, 0.15) is 30.2 Å². The van der Waals surface area contributed by atoms with Crippen molar-refractivity contribution in [2.45, 2.75) is 26.3 Å². The number of nitrogens with zero attached hydrogens (tertiary/aromatic N) is 4. The molecule has 1 N–H and O–H groups in total. The maximum atomic E-state index is 13.1. The molecule has 0 aliphatic carbocycles. The summed E-state index contributed by atoms with van der Waals surface area (Å²) in [5.74, 6) is -0.693. The van der Waals surface area contributed by atoms with Gasteiger partial charge in [0.1, 0.15) is 5.65 Å². The number of carbonyl (C=O) groups is 3. The van der Waals surface area contributed by atoms with Gasteiger partial charge >= 0.3 is 0 Å². The van der Waals surface area contributed by atoms with E-state index in [1.807, 2.05) is 58.9 Å². The third-order valence-corrected chi connectivity index (χ3v) is 6.77. The highest BCUT2D eigenvalue weighted by molar-refractivity contribution is 6.49. The van der Waals surface area contributed by atoms with Gasteiger partial charge in [-0.2, -0.15) is 0 Å². The van der Waals surface area contributed by atoms with Gasteiger partial charge in [0.05, 0.1) is 28.6 Å². The zero-order valence-electron chi connectivity index (χ0n) is 18.7. The fourth-order valence-electron chi connectivity index (χ4n) is 5.16. The highest BCUT2D eigenvalue weighted by atomic mass is 16.2. The first-order chi connectivity index (χ1) is 16.6. The summed E-state index contributed by atoms with van der Waals surface area (Å²) in [6.45, 7) is 3.77. The molecule has 3 aromatic heterocycles. The van der Waals surface area contributed by atoms with Gasteiger partial charge in [0.15, 0.2) is 0 Å². The van der Waals surface area contributed by atoms with Crippen molar-refractivity contribution < 1.29 is 14.4 Å². The van der Waals surface area contributed by atoms with E-state index in [-0.39, 0.29) is 5.91 Å². The number of hydrogen-bond donors (Lipinski definition) is 1. The molecule has 0 bridgehead atoms. The van der Waals surface area contributed by atoms with Gasteiger partial charge in [-0.3, -0.25) is 24.1 Å². The molecular weight excluding hydrogens is 430 g/mol. The van der Waals surface area contributed by atoms with Crippen molar-refractivity contribution in [2.24, 2.45) is 0 Å².